The fourth-order valence-electron chi connectivity index (χ4n) is 4.40. The van der Waals surface area contributed by atoms with Crippen LogP contribution in [0.3, 0.4) is 0 Å². The van der Waals surface area contributed by atoms with E-state index in [1.807, 2.05) is 31.2 Å². The number of oxazole rings is 1. The van der Waals surface area contributed by atoms with Gasteiger partial charge in [0, 0.05) is 13.1 Å². The number of thiophene rings is 1. The first kappa shape index (κ1) is 28.2. The third kappa shape index (κ3) is 5.66. The molecule has 12 nitrogen and oxygen atoms in total. The van der Waals surface area contributed by atoms with Crippen LogP contribution in [-0.4, -0.2) is 68.3 Å². The van der Waals surface area contributed by atoms with Crippen LogP contribution in [0.15, 0.2) is 50.7 Å². The highest BCUT2D eigenvalue weighted by atomic mass is 32.1. The molecular weight excluding hydrogens is 528 g/mol. The number of hydrogen-bond donors (Lipinski definition) is 4. The van der Waals surface area contributed by atoms with E-state index in [0.717, 1.165) is 15.9 Å². The number of fused-ring (bicyclic) bond motifs is 1. The van der Waals surface area contributed by atoms with Crippen LogP contribution in [-0.2, 0) is 17.8 Å². The van der Waals surface area contributed by atoms with E-state index in [-0.39, 0.29) is 19.1 Å². The number of aromatic nitrogens is 3. The average Bonchev–Trinajstić information content (AvgIpc) is 3.70. The summed E-state index contributed by atoms with van der Waals surface area (Å²) in [7, 11) is 1.60. The summed E-state index contributed by atoms with van der Waals surface area (Å²) in [6.45, 7) is 1.83. The van der Waals surface area contributed by atoms with Crippen molar-refractivity contribution in [3.63, 3.8) is 0 Å². The van der Waals surface area contributed by atoms with Gasteiger partial charge in [-0.3, -0.25) is 14.2 Å². The molecule has 1 aliphatic rings. The normalized spacial score (nSPS) is 14.9. The number of aliphatic hydroxyl groups excluding tert-OH is 3. The molecule has 4 heterocycles. The summed E-state index contributed by atoms with van der Waals surface area (Å²) in [5.74, 6) is 0.806. The zero-order valence-corrected chi connectivity index (χ0v) is 22.3. The number of benzene rings is 1. The van der Waals surface area contributed by atoms with Gasteiger partial charge >= 0.3 is 5.69 Å². The molecule has 1 saturated heterocycles. The van der Waals surface area contributed by atoms with Gasteiger partial charge in [-0.15, -0.1) is 11.3 Å². The molecule has 39 heavy (non-hydrogen) atoms. The summed E-state index contributed by atoms with van der Waals surface area (Å²) in [5, 5.41) is 27.1. The largest absolute Gasteiger partial charge is 0.496 e. The Morgan fingerprint density at radius 2 is 1.97 bits per heavy atom. The first-order valence-electron chi connectivity index (χ1n) is 12.3. The van der Waals surface area contributed by atoms with Crippen LogP contribution in [0.5, 0.6) is 5.75 Å². The fourth-order valence-corrected chi connectivity index (χ4v) is 5.66. The second-order valence-corrected chi connectivity index (χ2v) is 9.86. The smallest absolute Gasteiger partial charge is 0.332 e. The molecule has 0 saturated carbocycles. The first-order valence-corrected chi connectivity index (χ1v) is 13.1. The molecule has 0 bridgehead atoms. The van der Waals surface area contributed by atoms with Crippen LogP contribution < -0.4 is 21.3 Å². The molecule has 3 aromatic heterocycles. The number of nitrogens with one attached hydrogen (secondary N) is 1. The van der Waals surface area contributed by atoms with Gasteiger partial charge in [0.1, 0.15) is 29.0 Å². The van der Waals surface area contributed by atoms with E-state index in [0.29, 0.717) is 52.5 Å². The molecule has 0 radical (unpaired) electrons. The Kier molecular flexibility index (Phi) is 8.97. The van der Waals surface area contributed by atoms with E-state index in [2.05, 4.69) is 10.3 Å². The van der Waals surface area contributed by atoms with Crippen molar-refractivity contribution in [3.05, 3.63) is 68.7 Å². The van der Waals surface area contributed by atoms with Gasteiger partial charge in [0.25, 0.3) is 5.56 Å². The van der Waals surface area contributed by atoms with Crippen LogP contribution in [0.2, 0.25) is 0 Å². The Bertz CT molecular complexity index is 1550. The third-order valence-corrected chi connectivity index (χ3v) is 7.72. The summed E-state index contributed by atoms with van der Waals surface area (Å²) in [4.78, 5) is 45.0. The van der Waals surface area contributed by atoms with Gasteiger partial charge in [0.05, 0.1) is 36.8 Å². The van der Waals surface area contributed by atoms with Crippen molar-refractivity contribution in [1.29, 1.82) is 0 Å². The monoisotopic (exact) mass is 558 g/mol. The Hall–Kier alpha value is -3.78. The lowest BCUT2D eigenvalue weighted by molar-refractivity contribution is -0.122. The predicted octanol–water partition coefficient (Wildman–Crippen LogP) is 0.832. The van der Waals surface area contributed by atoms with Gasteiger partial charge in [0.15, 0.2) is 0 Å². The second-order valence-electron chi connectivity index (χ2n) is 8.86. The molecule has 1 aromatic carbocycles. The van der Waals surface area contributed by atoms with E-state index in [1.165, 1.54) is 23.8 Å². The maximum Gasteiger partial charge on any atom is 0.332 e. The molecule has 1 unspecified atom stereocenters. The van der Waals surface area contributed by atoms with Gasteiger partial charge in [0.2, 0.25) is 11.8 Å². The highest BCUT2D eigenvalue weighted by Crippen LogP contribution is 2.36. The van der Waals surface area contributed by atoms with E-state index in [9.17, 15) is 14.4 Å². The second kappa shape index (κ2) is 12.4. The number of carbonyl (C=O) groups excluding carboxylic acids is 1. The standard InChI is InChI=1S/C23H22N4O5S.C3H8O3/c1-13-17-21(29)27(15-7-9-24-19(15)28)23(30)26(11-8-14-5-3-4-6-16(14)31-2)22(17)33-18(13)20-25-10-12-32-20;4-1-3(6)2-5/h3-6,10,12,15H,7-9,11H2,1-2H3,(H,24,28);3-6H,1-2H2. The molecule has 4 aromatic rings. The van der Waals surface area contributed by atoms with Crippen molar-refractivity contribution in [2.45, 2.75) is 38.5 Å². The van der Waals surface area contributed by atoms with Crippen LogP contribution in [0.1, 0.15) is 23.6 Å². The Balaban J connectivity index is 0.000000531. The number of para-hydroxylation sites is 1. The molecule has 4 N–H and O–H groups in total. The maximum atomic E-state index is 13.6. The fraction of sp³-hybridized carbons (Fsp3) is 0.385. The number of amides is 1. The molecule has 0 aliphatic carbocycles. The van der Waals surface area contributed by atoms with Crippen molar-refractivity contribution >= 4 is 27.5 Å². The topological polar surface area (TPSA) is 169 Å². The number of nitrogens with zero attached hydrogens (tertiary/aromatic N) is 3. The van der Waals surface area contributed by atoms with Gasteiger partial charge in [-0.2, -0.15) is 0 Å². The van der Waals surface area contributed by atoms with Crippen molar-refractivity contribution < 1.29 is 29.3 Å². The third-order valence-electron chi connectivity index (χ3n) is 6.42. The lowest BCUT2D eigenvalue weighted by Crippen LogP contribution is -2.44. The summed E-state index contributed by atoms with van der Waals surface area (Å²) >= 11 is 1.30. The molecular formula is C26H30N4O8S. The van der Waals surface area contributed by atoms with Crippen LogP contribution in [0.4, 0.5) is 0 Å². The molecule has 13 heteroatoms. The average molecular weight is 559 g/mol. The maximum absolute atomic E-state index is 13.6. The Morgan fingerprint density at radius 1 is 1.23 bits per heavy atom. The first-order chi connectivity index (χ1) is 18.8. The molecule has 1 fully saturated rings. The minimum atomic E-state index is -0.954. The predicted molar refractivity (Wildman–Crippen MR) is 144 cm³/mol. The summed E-state index contributed by atoms with van der Waals surface area (Å²) in [5.41, 5.74) is 0.667. The van der Waals surface area contributed by atoms with Crippen molar-refractivity contribution in [2.75, 3.05) is 26.9 Å². The zero-order valence-electron chi connectivity index (χ0n) is 21.5. The summed E-state index contributed by atoms with van der Waals surface area (Å²) in [6.07, 6.45) is 2.95. The van der Waals surface area contributed by atoms with Crippen LogP contribution in [0.25, 0.3) is 21.0 Å². The van der Waals surface area contributed by atoms with Crippen LogP contribution in [0, 0.1) is 6.92 Å². The van der Waals surface area contributed by atoms with Gasteiger partial charge in [-0.25, -0.2) is 14.3 Å². The van der Waals surface area contributed by atoms with Crippen molar-refractivity contribution in [2.24, 2.45) is 0 Å². The minimum Gasteiger partial charge on any atom is -0.496 e. The summed E-state index contributed by atoms with van der Waals surface area (Å²) in [6, 6.07) is 6.79. The van der Waals surface area contributed by atoms with Crippen LogP contribution >= 0.6 is 11.3 Å². The number of aliphatic hydroxyl groups is 3. The van der Waals surface area contributed by atoms with Gasteiger partial charge in [-0.1, -0.05) is 18.2 Å². The van der Waals surface area contributed by atoms with E-state index in [1.54, 1.807) is 11.7 Å². The van der Waals surface area contributed by atoms with Gasteiger partial charge in [-0.05, 0) is 37.0 Å². The minimum absolute atomic E-state index is 0.314. The quantitative estimate of drug-likeness (QED) is 0.245. The number of rotatable bonds is 8. The Labute approximate surface area is 226 Å². The van der Waals surface area contributed by atoms with Gasteiger partial charge < -0.3 is 29.8 Å². The zero-order chi connectivity index (χ0) is 28.1. The summed E-state index contributed by atoms with van der Waals surface area (Å²) < 4.78 is 13.6. The number of ether oxygens (including phenoxy) is 1. The molecule has 1 aliphatic heterocycles. The number of methoxy groups -OCH3 is 1. The molecule has 0 spiro atoms. The van der Waals surface area contributed by atoms with E-state index in [4.69, 9.17) is 24.5 Å². The Morgan fingerprint density at radius 3 is 2.56 bits per heavy atom. The lowest BCUT2D eigenvalue weighted by Gasteiger charge is -2.16. The van der Waals surface area contributed by atoms with E-state index < -0.39 is 23.4 Å². The van der Waals surface area contributed by atoms with Crippen molar-refractivity contribution in [1.82, 2.24) is 19.4 Å². The van der Waals surface area contributed by atoms with Crippen molar-refractivity contribution in [3.8, 4) is 16.5 Å². The molecule has 5 rings (SSSR count). The molecule has 1 amide bonds. The number of hydrogen-bond acceptors (Lipinski definition) is 10. The number of aryl methyl sites for hydroxylation is 3. The highest BCUT2D eigenvalue weighted by Gasteiger charge is 2.32. The highest BCUT2D eigenvalue weighted by molar-refractivity contribution is 7.22. The SMILES string of the molecule is COc1ccccc1CCn1c(=O)n(C2CCNC2=O)c(=O)c2c(C)c(-c3ncco3)sc21.OCC(O)CO. The molecule has 1 atom stereocenters. The lowest BCUT2D eigenvalue weighted by atomic mass is 10.1. The van der Waals surface area contributed by atoms with E-state index >= 15 is 0 Å². The molecule has 208 valence electrons. The number of carbonyl (C=O) groups is 1.